The van der Waals surface area contributed by atoms with Crippen molar-refractivity contribution in [2.75, 3.05) is 6.79 Å². The summed E-state index contributed by atoms with van der Waals surface area (Å²) in [6.45, 7) is 1.91. The van der Waals surface area contributed by atoms with Gasteiger partial charge in [-0.15, -0.1) is 11.3 Å². The molecule has 0 radical (unpaired) electrons. The lowest BCUT2D eigenvalue weighted by Crippen LogP contribution is -2.20. The van der Waals surface area contributed by atoms with E-state index in [2.05, 4.69) is 10.1 Å². The van der Waals surface area contributed by atoms with Gasteiger partial charge >= 0.3 is 0 Å². The molecule has 22 heavy (non-hydrogen) atoms. The van der Waals surface area contributed by atoms with Gasteiger partial charge in [0.2, 0.25) is 6.79 Å². The number of rotatable bonds is 2. The van der Waals surface area contributed by atoms with E-state index in [1.807, 2.05) is 17.5 Å². The lowest BCUT2D eigenvalue weighted by molar-refractivity contribution is 0.174. The molecule has 110 valence electrons. The summed E-state index contributed by atoms with van der Waals surface area (Å²) in [7, 11) is 0. The molecule has 7 heteroatoms. The van der Waals surface area contributed by atoms with Crippen LogP contribution in [0, 0.1) is 6.92 Å². The first kappa shape index (κ1) is 13.0. The molecule has 0 saturated heterocycles. The van der Waals surface area contributed by atoms with Crippen LogP contribution in [0.4, 0.5) is 0 Å². The van der Waals surface area contributed by atoms with Crippen LogP contribution in [-0.2, 0) is 0 Å². The maximum Gasteiger partial charge on any atom is 0.282 e. The molecule has 0 amide bonds. The largest absolute Gasteiger partial charge is 0.454 e. The summed E-state index contributed by atoms with van der Waals surface area (Å²) in [6, 6.07) is 7.24. The Morgan fingerprint density at radius 3 is 2.95 bits per heavy atom. The zero-order valence-corrected chi connectivity index (χ0v) is 12.5. The van der Waals surface area contributed by atoms with Crippen LogP contribution in [0.2, 0.25) is 0 Å². The number of hydrogen-bond donors (Lipinski definition) is 0. The zero-order valence-electron chi connectivity index (χ0n) is 11.6. The molecular weight excluding hydrogens is 302 g/mol. The van der Waals surface area contributed by atoms with E-state index < -0.39 is 0 Å². The van der Waals surface area contributed by atoms with Gasteiger partial charge in [-0.25, -0.2) is 4.98 Å². The van der Waals surface area contributed by atoms with Gasteiger partial charge in [-0.1, -0.05) is 6.07 Å². The van der Waals surface area contributed by atoms with E-state index in [-0.39, 0.29) is 12.4 Å². The quantitative estimate of drug-likeness (QED) is 0.681. The molecule has 1 aliphatic heterocycles. The zero-order chi connectivity index (χ0) is 15.1. The topological polar surface area (TPSA) is 65.7 Å². The van der Waals surface area contributed by atoms with Gasteiger partial charge in [-0.3, -0.25) is 4.79 Å². The van der Waals surface area contributed by atoms with Gasteiger partial charge in [0.1, 0.15) is 5.82 Å². The minimum Gasteiger partial charge on any atom is -0.454 e. The third-order valence-electron chi connectivity index (χ3n) is 3.35. The molecule has 0 saturated carbocycles. The molecule has 4 rings (SSSR count). The van der Waals surface area contributed by atoms with Gasteiger partial charge in [0.25, 0.3) is 5.56 Å². The summed E-state index contributed by atoms with van der Waals surface area (Å²) in [6.07, 6.45) is 1.65. The molecule has 3 aromatic rings. The van der Waals surface area contributed by atoms with Crippen LogP contribution >= 0.6 is 11.3 Å². The minimum absolute atomic E-state index is 0.162. The number of nitrogens with zero attached hydrogens (tertiary/aromatic N) is 3. The molecule has 0 aliphatic carbocycles. The van der Waals surface area contributed by atoms with Gasteiger partial charge in [-0.05, 0) is 24.4 Å². The summed E-state index contributed by atoms with van der Waals surface area (Å²) in [5, 5.41) is 6.66. The number of thiophene rings is 1. The first-order valence-corrected chi connectivity index (χ1v) is 7.51. The van der Waals surface area contributed by atoms with Gasteiger partial charge in [-0.2, -0.15) is 9.78 Å². The number of aromatic nitrogens is 2. The van der Waals surface area contributed by atoms with Crippen LogP contribution in [0.5, 0.6) is 11.5 Å². The Hall–Kier alpha value is -2.67. The molecule has 0 fully saturated rings. The van der Waals surface area contributed by atoms with Gasteiger partial charge in [0.05, 0.1) is 17.1 Å². The molecule has 0 N–H and O–H groups in total. The van der Waals surface area contributed by atoms with Crippen molar-refractivity contribution in [1.82, 2.24) is 9.66 Å². The third kappa shape index (κ3) is 2.06. The molecule has 3 heterocycles. The van der Waals surface area contributed by atoms with Crippen LogP contribution in [0.25, 0.3) is 10.9 Å². The summed E-state index contributed by atoms with van der Waals surface area (Å²) in [5.41, 5.74) is 0.350. The predicted octanol–water partition coefficient (Wildman–Crippen LogP) is 2.38. The van der Waals surface area contributed by atoms with Crippen molar-refractivity contribution in [1.29, 1.82) is 0 Å². The lowest BCUT2D eigenvalue weighted by atomic mass is 10.2. The van der Waals surface area contributed by atoms with Crippen molar-refractivity contribution in [2.24, 2.45) is 5.10 Å². The van der Waals surface area contributed by atoms with E-state index in [1.165, 1.54) is 4.68 Å². The predicted molar refractivity (Wildman–Crippen MR) is 84.2 cm³/mol. The Bertz CT molecular complexity index is 945. The molecule has 2 aromatic heterocycles. The highest BCUT2D eigenvalue weighted by Crippen LogP contribution is 2.34. The van der Waals surface area contributed by atoms with Crippen LogP contribution in [0.15, 0.2) is 39.5 Å². The van der Waals surface area contributed by atoms with E-state index in [0.29, 0.717) is 28.2 Å². The van der Waals surface area contributed by atoms with Crippen molar-refractivity contribution >= 4 is 28.5 Å². The summed E-state index contributed by atoms with van der Waals surface area (Å²) >= 11 is 1.55. The Kier molecular flexibility index (Phi) is 2.93. The highest BCUT2D eigenvalue weighted by Gasteiger charge is 2.17. The molecular formula is C15H11N3O3S. The van der Waals surface area contributed by atoms with E-state index in [1.54, 1.807) is 36.6 Å². The molecule has 1 aromatic carbocycles. The summed E-state index contributed by atoms with van der Waals surface area (Å²) < 4.78 is 11.9. The number of hydrogen-bond acceptors (Lipinski definition) is 6. The molecule has 0 bridgehead atoms. The minimum atomic E-state index is -0.228. The van der Waals surface area contributed by atoms with E-state index >= 15 is 0 Å². The van der Waals surface area contributed by atoms with Gasteiger partial charge < -0.3 is 9.47 Å². The normalized spacial score (nSPS) is 13.3. The fourth-order valence-corrected chi connectivity index (χ4v) is 2.87. The Morgan fingerprint density at radius 2 is 2.18 bits per heavy atom. The molecule has 1 aliphatic rings. The highest BCUT2D eigenvalue weighted by molar-refractivity contribution is 7.11. The molecule has 6 nitrogen and oxygen atoms in total. The first-order valence-electron chi connectivity index (χ1n) is 6.63. The maximum atomic E-state index is 12.6. The van der Waals surface area contributed by atoms with Crippen molar-refractivity contribution in [3.05, 3.63) is 50.7 Å². The Morgan fingerprint density at radius 1 is 1.36 bits per heavy atom. The number of fused-ring (bicyclic) bond motifs is 2. The van der Waals surface area contributed by atoms with E-state index in [9.17, 15) is 4.79 Å². The fraction of sp³-hybridized carbons (Fsp3) is 0.133. The van der Waals surface area contributed by atoms with Crippen molar-refractivity contribution in [3.8, 4) is 11.5 Å². The Balaban J connectivity index is 1.89. The van der Waals surface area contributed by atoms with E-state index in [4.69, 9.17) is 9.47 Å². The van der Waals surface area contributed by atoms with Crippen molar-refractivity contribution in [3.63, 3.8) is 0 Å². The van der Waals surface area contributed by atoms with Crippen LogP contribution in [-0.4, -0.2) is 22.7 Å². The van der Waals surface area contributed by atoms with Crippen LogP contribution < -0.4 is 15.0 Å². The van der Waals surface area contributed by atoms with Crippen LogP contribution in [0.3, 0.4) is 0 Å². The van der Waals surface area contributed by atoms with Crippen molar-refractivity contribution in [2.45, 2.75) is 6.92 Å². The summed E-state index contributed by atoms with van der Waals surface area (Å²) in [5.74, 6) is 1.69. The maximum absolute atomic E-state index is 12.6. The number of aryl methyl sites for hydroxylation is 1. The van der Waals surface area contributed by atoms with Crippen LogP contribution in [0.1, 0.15) is 10.7 Å². The Labute approximate surface area is 129 Å². The molecule has 0 atom stereocenters. The monoisotopic (exact) mass is 313 g/mol. The second kappa shape index (κ2) is 4.96. The third-order valence-corrected chi connectivity index (χ3v) is 4.15. The molecule has 0 unspecified atom stereocenters. The second-order valence-corrected chi connectivity index (χ2v) is 5.74. The smallest absolute Gasteiger partial charge is 0.282 e. The number of benzene rings is 1. The standard InChI is InChI=1S/C15H11N3O3S/c1-9-17-12-6-14-13(20-8-21-14)5-11(12)15(19)18(9)16-7-10-3-2-4-22-10/h2-7H,8H2,1H3/b16-7+. The van der Waals surface area contributed by atoms with Crippen molar-refractivity contribution < 1.29 is 9.47 Å². The first-order chi connectivity index (χ1) is 10.7. The average molecular weight is 313 g/mol. The fourth-order valence-electron chi connectivity index (χ4n) is 2.29. The molecule has 0 spiro atoms. The SMILES string of the molecule is Cc1nc2cc3c(cc2c(=O)n1/N=C/c1cccs1)OCO3. The highest BCUT2D eigenvalue weighted by atomic mass is 32.1. The lowest BCUT2D eigenvalue weighted by Gasteiger charge is -2.06. The average Bonchev–Trinajstić information content (AvgIpc) is 3.15. The van der Waals surface area contributed by atoms with Gasteiger partial charge in [0, 0.05) is 10.9 Å². The van der Waals surface area contributed by atoms with E-state index in [0.717, 1.165) is 4.88 Å². The van der Waals surface area contributed by atoms with Gasteiger partial charge in [0.15, 0.2) is 11.5 Å². The second-order valence-electron chi connectivity index (χ2n) is 4.76. The summed E-state index contributed by atoms with van der Waals surface area (Å²) in [4.78, 5) is 18.0. The number of ether oxygens (including phenoxy) is 2.